The molecule has 0 radical (unpaired) electrons. The maximum Gasteiger partial charge on any atom is 0.291 e. The van der Waals surface area contributed by atoms with Gasteiger partial charge in [-0.2, -0.15) is 0 Å². The summed E-state index contributed by atoms with van der Waals surface area (Å²) in [4.78, 5) is 22.7. The number of nitro benzene ring substituents is 1. The molecule has 1 amide bonds. The van der Waals surface area contributed by atoms with Crippen LogP contribution in [0.15, 0.2) is 59.0 Å². The van der Waals surface area contributed by atoms with Gasteiger partial charge in [0.1, 0.15) is 23.9 Å². The molecule has 150 valence electrons. The molecule has 3 aromatic rings. The highest BCUT2D eigenvalue weighted by atomic mass is 16.6. The molecule has 0 aliphatic carbocycles. The summed E-state index contributed by atoms with van der Waals surface area (Å²) in [5.74, 6) is 1.43. The molecule has 2 aromatic carbocycles. The second-order valence-corrected chi connectivity index (χ2v) is 6.17. The Labute approximate surface area is 167 Å². The molecule has 0 aliphatic heterocycles. The van der Waals surface area contributed by atoms with Crippen molar-refractivity contribution in [2.75, 3.05) is 11.9 Å². The summed E-state index contributed by atoms with van der Waals surface area (Å²) < 4.78 is 16.5. The summed E-state index contributed by atoms with van der Waals surface area (Å²) in [5, 5.41) is 13.6. The number of aryl methyl sites for hydroxylation is 1. The van der Waals surface area contributed by atoms with Gasteiger partial charge in [0.25, 0.3) is 11.6 Å². The van der Waals surface area contributed by atoms with Crippen molar-refractivity contribution in [3.05, 3.63) is 81.8 Å². The predicted octanol–water partition coefficient (Wildman–Crippen LogP) is 4.73. The number of benzene rings is 2. The fourth-order valence-electron chi connectivity index (χ4n) is 2.65. The van der Waals surface area contributed by atoms with Crippen LogP contribution in [-0.2, 0) is 6.61 Å². The normalized spacial score (nSPS) is 10.4. The molecule has 8 nitrogen and oxygen atoms in total. The highest BCUT2D eigenvalue weighted by molar-refractivity contribution is 6.02. The van der Waals surface area contributed by atoms with E-state index < -0.39 is 4.92 Å². The van der Waals surface area contributed by atoms with E-state index in [2.05, 4.69) is 5.32 Å². The van der Waals surface area contributed by atoms with E-state index in [9.17, 15) is 14.9 Å². The standard InChI is InChI=1S/C21H20N2O6/c1-3-27-16-6-4-15(5-7-16)22-21(24)20-11-9-18(29-20)13-28-17-8-10-19(23(25)26)14(2)12-17/h4-12H,3,13H2,1-2H3,(H,22,24). The van der Waals surface area contributed by atoms with Crippen LogP contribution in [0.25, 0.3) is 0 Å². The van der Waals surface area contributed by atoms with Crippen molar-refractivity contribution in [2.24, 2.45) is 0 Å². The number of ether oxygens (including phenoxy) is 2. The maximum atomic E-state index is 12.3. The number of carbonyl (C=O) groups excluding carboxylic acids is 1. The summed E-state index contributed by atoms with van der Waals surface area (Å²) in [6.45, 7) is 4.20. The monoisotopic (exact) mass is 396 g/mol. The zero-order valence-corrected chi connectivity index (χ0v) is 16.0. The van der Waals surface area contributed by atoms with Crippen molar-refractivity contribution >= 4 is 17.3 Å². The third kappa shape index (κ3) is 5.13. The summed E-state index contributed by atoms with van der Waals surface area (Å²) in [6.07, 6.45) is 0. The van der Waals surface area contributed by atoms with E-state index in [0.29, 0.717) is 29.4 Å². The zero-order chi connectivity index (χ0) is 20.8. The molecule has 0 spiro atoms. The SMILES string of the molecule is CCOc1ccc(NC(=O)c2ccc(COc3ccc([N+](=O)[O-])c(C)c3)o2)cc1. The van der Waals surface area contributed by atoms with Crippen molar-refractivity contribution in [3.63, 3.8) is 0 Å². The highest BCUT2D eigenvalue weighted by Gasteiger charge is 2.13. The number of rotatable bonds is 8. The lowest BCUT2D eigenvalue weighted by molar-refractivity contribution is -0.385. The quantitative estimate of drug-likeness (QED) is 0.436. The van der Waals surface area contributed by atoms with Crippen LogP contribution in [0.1, 0.15) is 28.8 Å². The Morgan fingerprint density at radius 3 is 2.45 bits per heavy atom. The minimum atomic E-state index is -0.444. The second-order valence-electron chi connectivity index (χ2n) is 6.17. The first-order chi connectivity index (χ1) is 14.0. The molecule has 1 N–H and O–H groups in total. The fourth-order valence-corrected chi connectivity index (χ4v) is 2.65. The van der Waals surface area contributed by atoms with Gasteiger partial charge in [0.15, 0.2) is 5.76 Å². The Kier molecular flexibility index (Phi) is 6.13. The topological polar surface area (TPSA) is 104 Å². The maximum absolute atomic E-state index is 12.3. The van der Waals surface area contributed by atoms with Crippen molar-refractivity contribution in [1.29, 1.82) is 0 Å². The van der Waals surface area contributed by atoms with Crippen LogP contribution >= 0.6 is 0 Å². The van der Waals surface area contributed by atoms with Crippen molar-refractivity contribution < 1.29 is 23.6 Å². The number of carbonyl (C=O) groups is 1. The van der Waals surface area contributed by atoms with Crippen LogP contribution in [-0.4, -0.2) is 17.4 Å². The first-order valence-corrected chi connectivity index (χ1v) is 8.97. The lowest BCUT2D eigenvalue weighted by atomic mass is 10.2. The number of nitrogens with zero attached hydrogens (tertiary/aromatic N) is 1. The second kappa shape index (κ2) is 8.92. The lowest BCUT2D eigenvalue weighted by Gasteiger charge is -2.06. The van der Waals surface area contributed by atoms with Gasteiger partial charge in [-0.3, -0.25) is 14.9 Å². The molecule has 0 saturated heterocycles. The molecule has 8 heteroatoms. The molecule has 0 unspecified atom stereocenters. The van der Waals surface area contributed by atoms with Gasteiger partial charge in [-0.25, -0.2) is 0 Å². The number of furan rings is 1. The number of hydrogen-bond acceptors (Lipinski definition) is 6. The van der Waals surface area contributed by atoms with Gasteiger partial charge in [0, 0.05) is 17.3 Å². The van der Waals surface area contributed by atoms with Gasteiger partial charge < -0.3 is 19.2 Å². The van der Waals surface area contributed by atoms with Gasteiger partial charge >= 0.3 is 0 Å². The molecular formula is C21H20N2O6. The van der Waals surface area contributed by atoms with E-state index >= 15 is 0 Å². The van der Waals surface area contributed by atoms with Crippen molar-refractivity contribution in [3.8, 4) is 11.5 Å². The summed E-state index contributed by atoms with van der Waals surface area (Å²) in [5.41, 5.74) is 1.15. The van der Waals surface area contributed by atoms with Crippen LogP contribution in [0.4, 0.5) is 11.4 Å². The third-order valence-electron chi connectivity index (χ3n) is 4.05. The molecule has 0 atom stereocenters. The Balaban J connectivity index is 1.58. The van der Waals surface area contributed by atoms with E-state index in [4.69, 9.17) is 13.9 Å². The van der Waals surface area contributed by atoms with E-state index in [0.717, 1.165) is 5.75 Å². The fraction of sp³-hybridized carbons (Fsp3) is 0.190. The van der Waals surface area contributed by atoms with Gasteiger partial charge in [0.2, 0.25) is 0 Å². The Morgan fingerprint density at radius 1 is 1.07 bits per heavy atom. The van der Waals surface area contributed by atoms with Gasteiger partial charge in [0.05, 0.1) is 11.5 Å². The smallest absolute Gasteiger partial charge is 0.291 e. The molecule has 0 fully saturated rings. The van der Waals surface area contributed by atoms with Crippen molar-refractivity contribution in [1.82, 2.24) is 0 Å². The van der Waals surface area contributed by atoms with Crippen molar-refractivity contribution in [2.45, 2.75) is 20.5 Å². The van der Waals surface area contributed by atoms with Gasteiger partial charge in [-0.1, -0.05) is 0 Å². The molecule has 29 heavy (non-hydrogen) atoms. The minimum absolute atomic E-state index is 0.0311. The average Bonchev–Trinajstić information content (AvgIpc) is 3.17. The van der Waals surface area contributed by atoms with E-state index in [1.165, 1.54) is 12.1 Å². The summed E-state index contributed by atoms with van der Waals surface area (Å²) in [6, 6.07) is 14.7. The molecule has 0 saturated carbocycles. The van der Waals surface area contributed by atoms with Crippen LogP contribution < -0.4 is 14.8 Å². The zero-order valence-electron chi connectivity index (χ0n) is 16.0. The highest BCUT2D eigenvalue weighted by Crippen LogP contribution is 2.24. The lowest BCUT2D eigenvalue weighted by Crippen LogP contribution is -2.10. The molecule has 0 aliphatic rings. The molecule has 1 heterocycles. The summed E-state index contributed by atoms with van der Waals surface area (Å²) >= 11 is 0. The first-order valence-electron chi connectivity index (χ1n) is 8.97. The van der Waals surface area contributed by atoms with Crippen LogP contribution in [0.3, 0.4) is 0 Å². The number of amides is 1. The average molecular weight is 396 g/mol. The summed E-state index contributed by atoms with van der Waals surface area (Å²) in [7, 11) is 0. The van der Waals surface area contributed by atoms with E-state index in [1.54, 1.807) is 49.4 Å². The first kappa shape index (κ1) is 19.9. The number of nitro groups is 1. The molecule has 0 bridgehead atoms. The largest absolute Gasteiger partial charge is 0.494 e. The number of nitrogens with one attached hydrogen (secondary N) is 1. The Bertz CT molecular complexity index is 1010. The predicted molar refractivity (Wildman–Crippen MR) is 106 cm³/mol. The van der Waals surface area contributed by atoms with Crippen LogP contribution in [0, 0.1) is 17.0 Å². The van der Waals surface area contributed by atoms with E-state index in [1.807, 2.05) is 6.92 Å². The van der Waals surface area contributed by atoms with E-state index in [-0.39, 0.29) is 24.0 Å². The molecular weight excluding hydrogens is 376 g/mol. The van der Waals surface area contributed by atoms with Gasteiger partial charge in [-0.05, 0) is 62.4 Å². The van der Waals surface area contributed by atoms with Crippen LogP contribution in [0.2, 0.25) is 0 Å². The van der Waals surface area contributed by atoms with Gasteiger partial charge in [-0.15, -0.1) is 0 Å². The third-order valence-corrected chi connectivity index (χ3v) is 4.05. The number of hydrogen-bond donors (Lipinski definition) is 1. The molecule has 3 rings (SSSR count). The Morgan fingerprint density at radius 2 is 1.79 bits per heavy atom. The minimum Gasteiger partial charge on any atom is -0.494 e. The number of anilines is 1. The molecule has 1 aromatic heterocycles. The van der Waals surface area contributed by atoms with Crippen LogP contribution in [0.5, 0.6) is 11.5 Å². The Hall–Kier alpha value is -3.81.